The van der Waals surface area contributed by atoms with E-state index in [9.17, 15) is 5.26 Å². The summed E-state index contributed by atoms with van der Waals surface area (Å²) in [5.74, 6) is 0.835. The molecule has 126 valence electrons. The van der Waals surface area contributed by atoms with Gasteiger partial charge in [0.1, 0.15) is 17.3 Å². The number of rotatable bonds is 4. The molecule has 25 heavy (non-hydrogen) atoms. The van der Waals surface area contributed by atoms with Crippen LogP contribution in [0.15, 0.2) is 33.5 Å². The van der Waals surface area contributed by atoms with Gasteiger partial charge in [-0.1, -0.05) is 6.07 Å². The highest BCUT2D eigenvalue weighted by molar-refractivity contribution is 9.10. The van der Waals surface area contributed by atoms with Gasteiger partial charge in [0, 0.05) is 6.20 Å². The first kappa shape index (κ1) is 16.9. The summed E-state index contributed by atoms with van der Waals surface area (Å²) >= 11 is 3.24. The molecule has 3 heterocycles. The Morgan fingerprint density at radius 2 is 2.12 bits per heavy atom. The molecule has 3 N–H and O–H groups in total. The fourth-order valence-corrected chi connectivity index (χ4v) is 2.73. The maximum Gasteiger partial charge on any atom is 0.222 e. The molecule has 3 aromatic heterocycles. The van der Waals surface area contributed by atoms with Gasteiger partial charge in [0.05, 0.1) is 12.2 Å². The highest BCUT2D eigenvalue weighted by Crippen LogP contribution is 2.30. The SMILES string of the molecule is Cc1cnc(CNc2nc(N)nc(-c3ccc(Br)o3)c2C#N)c(C)c1. The fraction of sp³-hybridized carbons (Fsp3) is 0.176. The van der Waals surface area contributed by atoms with Gasteiger partial charge >= 0.3 is 0 Å². The van der Waals surface area contributed by atoms with Crippen LogP contribution in [-0.2, 0) is 6.54 Å². The number of nitrogens with two attached hydrogens (primary N) is 1. The first-order valence-electron chi connectivity index (χ1n) is 7.47. The van der Waals surface area contributed by atoms with Gasteiger partial charge in [-0.05, 0) is 53.0 Å². The second-order valence-corrected chi connectivity index (χ2v) is 6.28. The van der Waals surface area contributed by atoms with E-state index in [0.717, 1.165) is 16.8 Å². The van der Waals surface area contributed by atoms with Crippen molar-refractivity contribution < 1.29 is 4.42 Å². The van der Waals surface area contributed by atoms with Crippen molar-refractivity contribution in [2.24, 2.45) is 0 Å². The van der Waals surface area contributed by atoms with Crippen LogP contribution in [0.4, 0.5) is 11.8 Å². The molecular weight excluding hydrogens is 384 g/mol. The molecule has 0 bridgehead atoms. The van der Waals surface area contributed by atoms with Crippen molar-refractivity contribution in [2.75, 3.05) is 11.1 Å². The van der Waals surface area contributed by atoms with Gasteiger partial charge in [-0.25, -0.2) is 4.98 Å². The molecule has 0 aliphatic carbocycles. The molecule has 0 radical (unpaired) electrons. The van der Waals surface area contributed by atoms with E-state index in [0.29, 0.717) is 28.5 Å². The lowest BCUT2D eigenvalue weighted by atomic mass is 10.1. The Hall–Kier alpha value is -2.92. The van der Waals surface area contributed by atoms with E-state index in [1.807, 2.05) is 13.8 Å². The summed E-state index contributed by atoms with van der Waals surface area (Å²) in [6.07, 6.45) is 1.80. The van der Waals surface area contributed by atoms with Crippen LogP contribution in [0.2, 0.25) is 0 Å². The first-order chi connectivity index (χ1) is 12.0. The molecule has 0 saturated carbocycles. The number of anilines is 2. The third-order valence-corrected chi connectivity index (χ3v) is 4.02. The summed E-state index contributed by atoms with van der Waals surface area (Å²) in [4.78, 5) is 12.7. The minimum Gasteiger partial charge on any atom is -0.448 e. The average Bonchev–Trinajstić information content (AvgIpc) is 3.00. The Morgan fingerprint density at radius 1 is 1.32 bits per heavy atom. The van der Waals surface area contributed by atoms with E-state index >= 15 is 0 Å². The monoisotopic (exact) mass is 398 g/mol. The van der Waals surface area contributed by atoms with Gasteiger partial charge in [-0.2, -0.15) is 10.2 Å². The van der Waals surface area contributed by atoms with Crippen molar-refractivity contribution in [3.63, 3.8) is 0 Å². The number of nitrogen functional groups attached to an aromatic ring is 1. The number of halogens is 1. The van der Waals surface area contributed by atoms with Crippen molar-refractivity contribution in [1.29, 1.82) is 5.26 Å². The Balaban J connectivity index is 1.96. The number of hydrogen-bond acceptors (Lipinski definition) is 7. The lowest BCUT2D eigenvalue weighted by molar-refractivity contribution is 0.553. The standard InChI is InChI=1S/C17H15BrN6O/c1-9-5-10(2)12(21-7-9)8-22-16-11(6-19)15(23-17(20)24-16)13-3-4-14(18)25-13/h3-5,7H,8H2,1-2H3,(H3,20,22,23,24). The van der Waals surface area contributed by atoms with Crippen LogP contribution < -0.4 is 11.1 Å². The van der Waals surface area contributed by atoms with Crippen LogP contribution in [-0.4, -0.2) is 15.0 Å². The Labute approximate surface area is 153 Å². The predicted molar refractivity (Wildman–Crippen MR) is 97.6 cm³/mol. The molecule has 3 aromatic rings. The zero-order chi connectivity index (χ0) is 18.0. The van der Waals surface area contributed by atoms with Crippen LogP contribution >= 0.6 is 15.9 Å². The number of aryl methyl sites for hydroxylation is 2. The molecule has 0 unspecified atom stereocenters. The predicted octanol–water partition coefficient (Wildman–Crippen LogP) is 3.58. The second kappa shape index (κ2) is 6.91. The summed E-state index contributed by atoms with van der Waals surface area (Å²) in [6, 6.07) is 7.61. The second-order valence-electron chi connectivity index (χ2n) is 5.50. The van der Waals surface area contributed by atoms with Gasteiger partial charge in [0.2, 0.25) is 5.95 Å². The van der Waals surface area contributed by atoms with Gasteiger partial charge < -0.3 is 15.5 Å². The molecule has 3 rings (SSSR count). The van der Waals surface area contributed by atoms with Crippen molar-refractivity contribution in [3.05, 3.63) is 51.4 Å². The maximum absolute atomic E-state index is 9.57. The van der Waals surface area contributed by atoms with Crippen LogP contribution in [0.5, 0.6) is 0 Å². The molecule has 7 nitrogen and oxygen atoms in total. The quantitative estimate of drug-likeness (QED) is 0.689. The topological polar surface area (TPSA) is 114 Å². The van der Waals surface area contributed by atoms with Gasteiger partial charge in [0.25, 0.3) is 0 Å². The highest BCUT2D eigenvalue weighted by atomic mass is 79.9. The van der Waals surface area contributed by atoms with Crippen LogP contribution in [0.25, 0.3) is 11.5 Å². The number of furan rings is 1. The molecule has 0 saturated heterocycles. The molecule has 0 aromatic carbocycles. The zero-order valence-electron chi connectivity index (χ0n) is 13.7. The molecule has 0 aliphatic heterocycles. The summed E-state index contributed by atoms with van der Waals surface area (Å²) in [7, 11) is 0. The van der Waals surface area contributed by atoms with Gasteiger partial charge in [-0.3, -0.25) is 4.98 Å². The maximum atomic E-state index is 9.57. The number of nitrogens with zero attached hydrogens (tertiary/aromatic N) is 4. The molecule has 8 heteroatoms. The largest absolute Gasteiger partial charge is 0.448 e. The van der Waals surface area contributed by atoms with Gasteiger partial charge in [-0.15, -0.1) is 0 Å². The first-order valence-corrected chi connectivity index (χ1v) is 8.26. The van der Waals surface area contributed by atoms with E-state index in [2.05, 4.69) is 48.3 Å². The Morgan fingerprint density at radius 3 is 2.76 bits per heavy atom. The number of nitrogens with one attached hydrogen (secondary N) is 1. The minimum atomic E-state index is 0.0533. The minimum absolute atomic E-state index is 0.0533. The number of nitriles is 1. The van der Waals surface area contributed by atoms with E-state index in [4.69, 9.17) is 10.2 Å². The molecule has 0 spiro atoms. The van der Waals surface area contributed by atoms with Crippen LogP contribution in [0.1, 0.15) is 22.4 Å². The molecular formula is C17H15BrN6O. The van der Waals surface area contributed by atoms with E-state index in [-0.39, 0.29) is 11.5 Å². The molecule has 0 amide bonds. The van der Waals surface area contributed by atoms with Crippen molar-refractivity contribution >= 4 is 27.7 Å². The fourth-order valence-electron chi connectivity index (χ4n) is 2.43. The number of pyridine rings is 1. The van der Waals surface area contributed by atoms with E-state index < -0.39 is 0 Å². The van der Waals surface area contributed by atoms with Crippen molar-refractivity contribution in [2.45, 2.75) is 20.4 Å². The summed E-state index contributed by atoms with van der Waals surface area (Å²) < 4.78 is 6.04. The summed E-state index contributed by atoms with van der Waals surface area (Å²) in [5, 5.41) is 12.7. The average molecular weight is 399 g/mol. The third-order valence-electron chi connectivity index (χ3n) is 3.59. The van der Waals surface area contributed by atoms with E-state index in [1.165, 1.54) is 0 Å². The van der Waals surface area contributed by atoms with Crippen molar-refractivity contribution in [1.82, 2.24) is 15.0 Å². The zero-order valence-corrected chi connectivity index (χ0v) is 15.3. The van der Waals surface area contributed by atoms with E-state index in [1.54, 1.807) is 18.3 Å². The summed E-state index contributed by atoms with van der Waals surface area (Å²) in [6.45, 7) is 4.39. The Bertz CT molecular complexity index is 976. The molecule has 0 atom stereocenters. The van der Waals surface area contributed by atoms with Crippen LogP contribution in [0.3, 0.4) is 0 Å². The molecule has 0 aliphatic rings. The van der Waals surface area contributed by atoms with Crippen LogP contribution in [0, 0.1) is 25.2 Å². The van der Waals surface area contributed by atoms with Gasteiger partial charge in [0.15, 0.2) is 16.2 Å². The Kier molecular flexibility index (Phi) is 4.67. The normalized spacial score (nSPS) is 10.5. The highest BCUT2D eigenvalue weighted by Gasteiger charge is 2.18. The molecule has 0 fully saturated rings. The van der Waals surface area contributed by atoms with Crippen molar-refractivity contribution in [3.8, 4) is 17.5 Å². The lowest BCUT2D eigenvalue weighted by Gasteiger charge is -2.11. The number of aromatic nitrogens is 3. The third kappa shape index (κ3) is 3.61. The summed E-state index contributed by atoms with van der Waals surface area (Å²) in [5.41, 5.74) is 9.44. The number of hydrogen-bond donors (Lipinski definition) is 2. The smallest absolute Gasteiger partial charge is 0.222 e. The lowest BCUT2D eigenvalue weighted by Crippen LogP contribution is -2.10.